The third-order valence-corrected chi connectivity index (χ3v) is 30.0. The van der Waals surface area contributed by atoms with E-state index in [0.717, 1.165) is 44.8 Å². The van der Waals surface area contributed by atoms with Crippen molar-refractivity contribution in [2.45, 2.75) is 19.7 Å². The van der Waals surface area contributed by atoms with Gasteiger partial charge in [0.25, 0.3) is 30.4 Å². The van der Waals surface area contributed by atoms with E-state index in [2.05, 4.69) is 171 Å². The van der Waals surface area contributed by atoms with Crippen LogP contribution in [0.1, 0.15) is 22.8 Å². The number of nitrogens with zero attached hydrogens (tertiary/aromatic N) is 3. The number of fused-ring (bicyclic) bond motifs is 8. The van der Waals surface area contributed by atoms with Gasteiger partial charge in [-0.05, 0) is 72.8 Å². The number of hydrogen-bond donors (Lipinski definition) is 6. The van der Waals surface area contributed by atoms with E-state index in [1.165, 1.54) is 16.6 Å². The maximum atomic E-state index is 11.1. The van der Waals surface area contributed by atoms with Crippen molar-refractivity contribution in [3.8, 4) is 0 Å². The summed E-state index contributed by atoms with van der Waals surface area (Å²) < 4.78 is 130. The molecule has 0 saturated carbocycles. The Bertz CT molecular complexity index is 3570. The topological polar surface area (TPSA) is 288 Å². The molecule has 4 aromatic carbocycles. The number of aromatic amines is 2. The van der Waals surface area contributed by atoms with E-state index in [4.69, 9.17) is 18.2 Å². The molecule has 6 heterocycles. The van der Waals surface area contributed by atoms with Crippen molar-refractivity contribution in [3.63, 3.8) is 0 Å². The molecule has 8 aromatic rings. The molecule has 0 radical (unpaired) electrons. The summed E-state index contributed by atoms with van der Waals surface area (Å²) in [6.45, 7) is 0. The van der Waals surface area contributed by atoms with Crippen LogP contribution in [0.2, 0.25) is 0 Å². The van der Waals surface area contributed by atoms with Crippen LogP contribution < -0.4 is 16.6 Å². The predicted molar refractivity (Wildman–Crippen MR) is 267 cm³/mol. The Morgan fingerprint density at radius 2 is 0.662 bits per heavy atom. The molecule has 8 bridgehead atoms. The maximum absolute atomic E-state index is 11.1. The van der Waals surface area contributed by atoms with Gasteiger partial charge in [-0.2, -0.15) is 33.7 Å². The van der Waals surface area contributed by atoms with E-state index in [1.54, 1.807) is 0 Å². The van der Waals surface area contributed by atoms with Gasteiger partial charge in [-0.15, -0.1) is 0 Å². The molecule has 0 atom stereocenters. The molecule has 0 spiro atoms. The van der Waals surface area contributed by atoms with Crippen LogP contribution in [-0.2, 0) is 55.2 Å². The van der Waals surface area contributed by atoms with E-state index in [9.17, 15) is 33.7 Å². The average molecular weight is 1080 g/mol. The van der Waals surface area contributed by atoms with Gasteiger partial charge in [-0.3, -0.25) is 18.2 Å². The van der Waals surface area contributed by atoms with E-state index >= 15 is 0 Å². The van der Waals surface area contributed by atoms with Crippen LogP contribution in [-0.4, -0.2) is 76.8 Å². The molecule has 0 fully saturated rings. The molecule has 0 aliphatic carbocycles. The standard InChI is InChI=1S/C20H14N4.4C6H5.C5H5NO12S4.Zn/c1-2-14-10-16-5-6-18(23-16)12-20-8-7-19(24-20)11-17-4-3-15(22-17)9-13(1)21-14;4*1-2-4-6-5-3-1;7-19(8,9)2-1-6-5(22(16,17)18)4(21(13,14)15)3(2)20(10,11)12;/h1-12,21,24H;4*1-5H;1H,(H,7,8,9)(H,10,11,12)(H,13,14,15)(H,16,17,18);. The van der Waals surface area contributed by atoms with Crippen LogP contribution in [0.4, 0.5) is 0 Å². The third kappa shape index (κ3) is 11.6. The van der Waals surface area contributed by atoms with E-state index in [1.807, 2.05) is 48.6 Å². The molecule has 22 heteroatoms. The molecule has 0 saturated heterocycles. The number of rotatable bonds is 8. The minimum absolute atomic E-state index is 0.157. The first-order chi connectivity index (χ1) is 33.7. The molecule has 2 aliphatic heterocycles. The summed E-state index contributed by atoms with van der Waals surface area (Å²) in [7, 11) is -22.7. The monoisotopic (exact) mass is 1080 g/mol. The fourth-order valence-corrected chi connectivity index (χ4v) is 27.4. The summed E-state index contributed by atoms with van der Waals surface area (Å²) in [4.78, 5) is 12.4. The number of H-pyrrole nitrogens is 2. The molecule has 71 heavy (non-hydrogen) atoms. The summed E-state index contributed by atoms with van der Waals surface area (Å²) in [6, 6.07) is 60.9. The van der Waals surface area contributed by atoms with E-state index < -0.39 is 75.0 Å². The van der Waals surface area contributed by atoms with Gasteiger partial charge in [-0.25, -0.2) is 15.0 Å². The van der Waals surface area contributed by atoms with Gasteiger partial charge in [0.2, 0.25) is 5.03 Å². The van der Waals surface area contributed by atoms with Gasteiger partial charge >= 0.3 is 163 Å². The second-order valence-corrected chi connectivity index (χ2v) is 33.1. The van der Waals surface area contributed by atoms with Gasteiger partial charge in [0.15, 0.2) is 4.90 Å². The summed E-state index contributed by atoms with van der Waals surface area (Å²) >= 11 is -3.43. The Morgan fingerprint density at radius 1 is 0.366 bits per heavy atom. The third-order valence-electron chi connectivity index (χ3n) is 11.8. The first kappa shape index (κ1) is 50.3. The SMILES string of the molecule is C1=Cc2cc3ccc(cc4nc(cc5ccc(cc1n2)[nH]5)C=C4)[nH]3.O=S(=O)(O)c1cnc(S(=O)(=O)O)c(S(=O)(=O)O)c1S(=O)(=O)O.c1cc[c]([Zn]([c]2ccccc2)([c]2ccccc2)[c]2ccccc2)cc1. The molecular weight excluding hydrogens is 1040 g/mol. The number of aromatic nitrogens is 5. The quantitative estimate of drug-likeness (QED) is 0.0733. The summed E-state index contributed by atoms with van der Waals surface area (Å²) in [6.07, 6.45) is 7.93. The average Bonchev–Trinajstić information content (AvgIpc) is 4.17. The van der Waals surface area contributed by atoms with Crippen molar-refractivity contribution < 1.29 is 66.7 Å². The van der Waals surface area contributed by atoms with Crippen LogP contribution in [0.5, 0.6) is 0 Å². The van der Waals surface area contributed by atoms with E-state index in [0.29, 0.717) is 0 Å². The van der Waals surface area contributed by atoms with Gasteiger partial charge in [-0.1, -0.05) is 0 Å². The second kappa shape index (κ2) is 20.3. The Balaban J connectivity index is 0.000000143. The first-order valence-electron chi connectivity index (χ1n) is 21.3. The summed E-state index contributed by atoms with van der Waals surface area (Å²) in [5, 5.41) is -1.98. The zero-order chi connectivity index (χ0) is 50.6. The molecule has 2 aliphatic rings. The van der Waals surface area contributed by atoms with Crippen LogP contribution in [0.3, 0.4) is 0 Å². The van der Waals surface area contributed by atoms with Crippen LogP contribution >= 0.6 is 0 Å². The van der Waals surface area contributed by atoms with Crippen molar-refractivity contribution in [2.24, 2.45) is 0 Å². The van der Waals surface area contributed by atoms with Gasteiger partial charge in [0.1, 0.15) is 9.79 Å². The van der Waals surface area contributed by atoms with Crippen molar-refractivity contribution in [2.75, 3.05) is 0 Å². The fraction of sp³-hybridized carbons (Fsp3) is 0. The van der Waals surface area contributed by atoms with Crippen molar-refractivity contribution in [1.29, 1.82) is 0 Å². The molecule has 6 N–H and O–H groups in total. The van der Waals surface area contributed by atoms with Crippen LogP contribution in [0.25, 0.3) is 46.4 Å². The van der Waals surface area contributed by atoms with Gasteiger partial charge in [0, 0.05) is 22.1 Å². The zero-order valence-corrected chi connectivity index (χ0v) is 43.0. The van der Waals surface area contributed by atoms with Gasteiger partial charge in [0.05, 0.1) is 29.0 Å². The Morgan fingerprint density at radius 3 is 0.915 bits per heavy atom. The predicted octanol–water partition coefficient (Wildman–Crippen LogP) is 6.17. The number of hydrogen-bond acceptors (Lipinski definition) is 11. The molecular formula is C49H39N5O12S4Zn. The molecule has 358 valence electrons. The fourth-order valence-electron chi connectivity index (χ4n) is 8.97. The normalized spacial score (nSPS) is 12.3. The van der Waals surface area contributed by atoms with Crippen LogP contribution in [0.15, 0.2) is 196 Å². The molecule has 17 nitrogen and oxygen atoms in total. The molecule has 0 amide bonds. The Hall–Kier alpha value is -7.11. The number of pyridine rings is 1. The van der Waals surface area contributed by atoms with Crippen LogP contribution in [0, 0.1) is 0 Å². The van der Waals surface area contributed by atoms with Crippen molar-refractivity contribution >= 4 is 103 Å². The Kier molecular flexibility index (Phi) is 14.4. The minimum atomic E-state index is -5.83. The van der Waals surface area contributed by atoms with Gasteiger partial charge < -0.3 is 9.97 Å². The Labute approximate surface area is 410 Å². The number of benzene rings is 4. The zero-order valence-electron chi connectivity index (χ0n) is 36.8. The molecule has 0 unspecified atom stereocenters. The second-order valence-electron chi connectivity index (χ2n) is 16.4. The molecule has 4 aromatic heterocycles. The van der Waals surface area contributed by atoms with Crippen molar-refractivity contribution in [3.05, 3.63) is 199 Å². The van der Waals surface area contributed by atoms with Crippen molar-refractivity contribution in [1.82, 2.24) is 24.9 Å². The summed E-state index contributed by atoms with van der Waals surface area (Å²) in [5.74, 6) is 0. The number of nitrogens with one attached hydrogen (secondary N) is 2. The molecule has 10 rings (SSSR count). The van der Waals surface area contributed by atoms with E-state index in [-0.39, 0.29) is 6.20 Å². The first-order valence-corrected chi connectivity index (χ1v) is 33.0. The summed E-state index contributed by atoms with van der Waals surface area (Å²) in [5.41, 5.74) is 7.86.